The Kier molecular flexibility index (Phi) is 5.25. The zero-order valence-corrected chi connectivity index (χ0v) is 18.4. The molecule has 0 aliphatic carbocycles. The Bertz CT molecular complexity index is 1140. The minimum absolute atomic E-state index is 0.142. The molecule has 2 aromatic carbocycles. The van der Waals surface area contributed by atoms with E-state index in [4.69, 9.17) is 9.47 Å². The van der Waals surface area contributed by atoms with Crippen LogP contribution in [0.1, 0.15) is 33.6 Å². The molecule has 33 heavy (non-hydrogen) atoms. The number of carbonyl (C=O) groups excluding carboxylic acids is 4. The van der Waals surface area contributed by atoms with Crippen LogP contribution in [0, 0.1) is 11.8 Å². The predicted octanol–water partition coefficient (Wildman–Crippen LogP) is 2.32. The lowest BCUT2D eigenvalue weighted by atomic mass is 9.85. The number of rotatable bonds is 5. The lowest BCUT2D eigenvalue weighted by Crippen LogP contribution is -2.46. The highest BCUT2D eigenvalue weighted by atomic mass is 16.5. The zero-order chi connectivity index (χ0) is 23.3. The van der Waals surface area contributed by atoms with E-state index in [1.165, 1.54) is 13.2 Å². The third kappa shape index (κ3) is 3.16. The van der Waals surface area contributed by atoms with E-state index in [-0.39, 0.29) is 29.0 Å². The predicted molar refractivity (Wildman–Crippen MR) is 118 cm³/mol. The number of nitrogens with zero attached hydrogens (tertiary/aromatic N) is 2. The second kappa shape index (κ2) is 8.12. The minimum Gasteiger partial charge on any atom is -0.497 e. The van der Waals surface area contributed by atoms with Gasteiger partial charge in [0.2, 0.25) is 11.8 Å². The molecule has 0 radical (unpaired) electrons. The molecule has 3 aliphatic rings. The summed E-state index contributed by atoms with van der Waals surface area (Å²) in [6, 6.07) is 12.3. The van der Waals surface area contributed by atoms with Gasteiger partial charge in [-0.3, -0.25) is 19.3 Å². The molecule has 8 nitrogen and oxygen atoms in total. The topological polar surface area (TPSA) is 93.2 Å². The Labute approximate surface area is 191 Å². The quantitative estimate of drug-likeness (QED) is 0.394. The zero-order valence-electron chi connectivity index (χ0n) is 18.4. The van der Waals surface area contributed by atoms with Gasteiger partial charge in [-0.25, -0.2) is 9.69 Å². The summed E-state index contributed by atoms with van der Waals surface area (Å²) >= 11 is 0. The molecule has 3 aliphatic heterocycles. The molecule has 3 fully saturated rings. The molecule has 3 heterocycles. The smallest absolute Gasteiger partial charge is 0.339 e. The van der Waals surface area contributed by atoms with E-state index in [0.29, 0.717) is 17.9 Å². The van der Waals surface area contributed by atoms with Crippen molar-refractivity contribution < 1.29 is 28.7 Å². The first-order valence-electron chi connectivity index (χ1n) is 11.0. The maximum absolute atomic E-state index is 13.7. The summed E-state index contributed by atoms with van der Waals surface area (Å²) in [5, 5.41) is 0. The van der Waals surface area contributed by atoms with Crippen molar-refractivity contribution in [3.8, 4) is 5.75 Å². The van der Waals surface area contributed by atoms with Crippen LogP contribution in [0.2, 0.25) is 0 Å². The first-order chi connectivity index (χ1) is 16.0. The summed E-state index contributed by atoms with van der Waals surface area (Å²) in [4.78, 5) is 56.3. The molecule has 0 N–H and O–H groups in total. The monoisotopic (exact) mass is 448 g/mol. The van der Waals surface area contributed by atoms with E-state index in [9.17, 15) is 19.2 Å². The third-order valence-corrected chi connectivity index (χ3v) is 7.05. The Morgan fingerprint density at radius 3 is 2.33 bits per heavy atom. The van der Waals surface area contributed by atoms with Gasteiger partial charge in [0.15, 0.2) is 5.78 Å². The summed E-state index contributed by atoms with van der Waals surface area (Å²) in [6.45, 7) is 0.670. The summed E-state index contributed by atoms with van der Waals surface area (Å²) < 4.78 is 10.0. The number of para-hydroxylation sites is 1. The van der Waals surface area contributed by atoms with Gasteiger partial charge in [-0.1, -0.05) is 12.1 Å². The van der Waals surface area contributed by atoms with Crippen LogP contribution in [-0.2, 0) is 14.3 Å². The van der Waals surface area contributed by atoms with Gasteiger partial charge in [-0.05, 0) is 55.8 Å². The number of hydrogen-bond acceptors (Lipinski definition) is 7. The first kappa shape index (κ1) is 21.3. The fraction of sp³-hybridized carbons (Fsp3) is 0.360. The fourth-order valence-electron chi connectivity index (χ4n) is 5.63. The van der Waals surface area contributed by atoms with Crippen LogP contribution in [0.4, 0.5) is 5.69 Å². The standard InChI is InChI=1S/C25H24N2O6/c1-32-15-11-9-14(10-12-15)22(28)21-20-19(18-8-5-13-26(18)21)23(29)27(24(20)30)17-7-4-3-6-16(17)25(31)33-2/h3-4,6-7,9-12,18-21H,5,8,13H2,1-2H3. The minimum atomic E-state index is -0.789. The highest BCUT2D eigenvalue weighted by Gasteiger charge is 2.65. The van der Waals surface area contributed by atoms with Crippen molar-refractivity contribution in [1.29, 1.82) is 0 Å². The Morgan fingerprint density at radius 2 is 1.64 bits per heavy atom. The van der Waals surface area contributed by atoms with Crippen LogP contribution >= 0.6 is 0 Å². The van der Waals surface area contributed by atoms with Crippen LogP contribution in [-0.4, -0.2) is 61.3 Å². The molecule has 5 rings (SSSR count). The molecule has 2 aromatic rings. The van der Waals surface area contributed by atoms with Crippen molar-refractivity contribution in [2.75, 3.05) is 25.7 Å². The molecular formula is C25H24N2O6. The Morgan fingerprint density at radius 1 is 0.939 bits per heavy atom. The second-order valence-corrected chi connectivity index (χ2v) is 8.56. The van der Waals surface area contributed by atoms with E-state index in [1.54, 1.807) is 49.6 Å². The maximum atomic E-state index is 13.7. The van der Waals surface area contributed by atoms with Gasteiger partial charge in [-0.2, -0.15) is 0 Å². The van der Waals surface area contributed by atoms with E-state index < -0.39 is 29.8 Å². The molecular weight excluding hydrogens is 424 g/mol. The number of hydrogen-bond donors (Lipinski definition) is 0. The van der Waals surface area contributed by atoms with E-state index in [1.807, 2.05) is 4.90 Å². The molecule has 4 atom stereocenters. The van der Waals surface area contributed by atoms with E-state index in [2.05, 4.69) is 0 Å². The van der Waals surface area contributed by atoms with Crippen LogP contribution < -0.4 is 9.64 Å². The highest BCUT2D eigenvalue weighted by molar-refractivity contribution is 6.26. The van der Waals surface area contributed by atoms with Gasteiger partial charge < -0.3 is 9.47 Å². The van der Waals surface area contributed by atoms with Crippen molar-refractivity contribution in [2.45, 2.75) is 24.9 Å². The number of benzene rings is 2. The third-order valence-electron chi connectivity index (χ3n) is 7.05. The molecule has 8 heteroatoms. The van der Waals surface area contributed by atoms with Gasteiger partial charge in [0.25, 0.3) is 0 Å². The van der Waals surface area contributed by atoms with Gasteiger partial charge in [0.05, 0.1) is 43.3 Å². The molecule has 0 spiro atoms. The number of fused-ring (bicyclic) bond motifs is 3. The largest absolute Gasteiger partial charge is 0.497 e. The van der Waals surface area contributed by atoms with Crippen LogP contribution in [0.5, 0.6) is 5.75 Å². The summed E-state index contributed by atoms with van der Waals surface area (Å²) in [5.74, 6) is -2.38. The summed E-state index contributed by atoms with van der Waals surface area (Å²) in [6.07, 6.45) is 1.61. The highest BCUT2D eigenvalue weighted by Crippen LogP contribution is 2.49. The Balaban J connectivity index is 1.55. The molecule has 170 valence electrons. The maximum Gasteiger partial charge on any atom is 0.339 e. The van der Waals surface area contributed by atoms with Crippen molar-refractivity contribution >= 4 is 29.3 Å². The number of ether oxygens (including phenoxy) is 2. The van der Waals surface area contributed by atoms with Crippen LogP contribution in [0.15, 0.2) is 48.5 Å². The Hall–Kier alpha value is -3.52. The molecule has 0 saturated carbocycles. The number of anilines is 1. The fourth-order valence-corrected chi connectivity index (χ4v) is 5.63. The average Bonchev–Trinajstić information content (AvgIpc) is 3.50. The number of imide groups is 1. The van der Waals surface area contributed by atoms with Crippen molar-refractivity contribution in [1.82, 2.24) is 4.90 Å². The number of ketones is 1. The van der Waals surface area contributed by atoms with Crippen molar-refractivity contribution in [3.63, 3.8) is 0 Å². The van der Waals surface area contributed by atoms with E-state index in [0.717, 1.165) is 17.7 Å². The van der Waals surface area contributed by atoms with Gasteiger partial charge >= 0.3 is 5.97 Å². The van der Waals surface area contributed by atoms with Crippen LogP contribution in [0.25, 0.3) is 0 Å². The number of amides is 2. The number of esters is 1. The van der Waals surface area contributed by atoms with Gasteiger partial charge in [-0.15, -0.1) is 0 Å². The lowest BCUT2D eigenvalue weighted by Gasteiger charge is -2.28. The normalized spacial score (nSPS) is 26.3. The number of methoxy groups -OCH3 is 2. The van der Waals surface area contributed by atoms with Crippen molar-refractivity contribution in [2.24, 2.45) is 11.8 Å². The number of Topliss-reactive ketones (excluding diaryl/α,β-unsaturated/α-hetero) is 1. The lowest BCUT2D eigenvalue weighted by molar-refractivity contribution is -0.123. The number of carbonyl (C=O) groups is 4. The molecule has 4 unspecified atom stereocenters. The summed E-state index contributed by atoms with van der Waals surface area (Å²) in [7, 11) is 2.80. The molecule has 0 aromatic heterocycles. The van der Waals surface area contributed by atoms with E-state index >= 15 is 0 Å². The summed E-state index contributed by atoms with van der Waals surface area (Å²) in [5.41, 5.74) is 0.817. The molecule has 0 bridgehead atoms. The van der Waals surface area contributed by atoms with Gasteiger partial charge in [0, 0.05) is 11.6 Å². The average molecular weight is 448 g/mol. The molecule has 3 saturated heterocycles. The molecule has 2 amide bonds. The van der Waals surface area contributed by atoms with Gasteiger partial charge in [0.1, 0.15) is 5.75 Å². The SMILES string of the molecule is COC(=O)c1ccccc1N1C(=O)C2C(C1=O)C(C(=O)c1ccc(OC)cc1)N1CCCC21. The first-order valence-corrected chi connectivity index (χ1v) is 11.0. The van der Waals surface area contributed by atoms with Crippen molar-refractivity contribution in [3.05, 3.63) is 59.7 Å². The van der Waals surface area contributed by atoms with Crippen LogP contribution in [0.3, 0.4) is 0 Å². The second-order valence-electron chi connectivity index (χ2n) is 8.56.